The van der Waals surface area contributed by atoms with E-state index in [1.807, 2.05) is 0 Å². The molecule has 4 amide bonds. The number of anilines is 1. The maximum atomic E-state index is 13.7. The van der Waals surface area contributed by atoms with Gasteiger partial charge in [0.05, 0.1) is 12.3 Å². The molecule has 3 rings (SSSR count). The van der Waals surface area contributed by atoms with Gasteiger partial charge in [-0.25, -0.2) is 18.9 Å². The Labute approximate surface area is 194 Å². The third-order valence-corrected chi connectivity index (χ3v) is 4.64. The highest BCUT2D eigenvalue weighted by atomic mass is 19.1. The van der Waals surface area contributed by atoms with Crippen molar-refractivity contribution in [1.29, 1.82) is 0 Å². The lowest BCUT2D eigenvalue weighted by atomic mass is 10.0. The van der Waals surface area contributed by atoms with E-state index in [4.69, 9.17) is 14.6 Å². The first kappa shape index (κ1) is 24.2. The van der Waals surface area contributed by atoms with Crippen LogP contribution in [0.2, 0.25) is 0 Å². The number of aliphatic carboxylic acids is 1. The number of nitrogens with one attached hydrogen (secondary N) is 1. The molecule has 2 aromatic rings. The zero-order chi connectivity index (χ0) is 24.8. The maximum Gasteiger partial charge on any atom is 0.341 e. The van der Waals surface area contributed by atoms with Crippen LogP contribution in [0.25, 0.3) is 6.08 Å². The number of nitrogens with zero attached hydrogens (tertiary/aromatic N) is 1. The lowest BCUT2D eigenvalue weighted by Crippen LogP contribution is -2.54. The summed E-state index contributed by atoms with van der Waals surface area (Å²) < 4.78 is 24.6. The molecule has 2 aromatic carbocycles. The van der Waals surface area contributed by atoms with E-state index in [-0.39, 0.29) is 35.8 Å². The standard InChI is InChI=1S/C24H21FN2O7/c1-3-6-15-9-14(11-19(33-4-2)21(15)34-13-20(28)29)10-18-22(30)26-24(32)27(23(18)31)17-8-5-7-16(25)12-17/h3,5,7-12H,1,4,6,13H2,2H3,(H,28,29)(H,26,30,32)/b18-10+. The summed E-state index contributed by atoms with van der Waals surface area (Å²) in [6, 6.07) is 6.89. The van der Waals surface area contributed by atoms with E-state index in [0.29, 0.717) is 16.0 Å². The van der Waals surface area contributed by atoms with E-state index >= 15 is 0 Å². The highest BCUT2D eigenvalue weighted by molar-refractivity contribution is 6.39. The van der Waals surface area contributed by atoms with Crippen LogP contribution in [0, 0.1) is 5.82 Å². The summed E-state index contributed by atoms with van der Waals surface area (Å²) in [5.41, 5.74) is 0.460. The summed E-state index contributed by atoms with van der Waals surface area (Å²) in [5, 5.41) is 11.0. The molecule has 9 nitrogen and oxygen atoms in total. The van der Waals surface area contributed by atoms with Crippen LogP contribution in [0.1, 0.15) is 18.1 Å². The average molecular weight is 468 g/mol. The second kappa shape index (κ2) is 10.4. The fourth-order valence-corrected chi connectivity index (χ4v) is 3.31. The number of hydrogen-bond acceptors (Lipinski definition) is 6. The summed E-state index contributed by atoms with van der Waals surface area (Å²) in [7, 11) is 0. The Morgan fingerprint density at radius 2 is 1.97 bits per heavy atom. The van der Waals surface area contributed by atoms with Crippen molar-refractivity contribution in [2.45, 2.75) is 13.3 Å². The normalized spacial score (nSPS) is 14.7. The van der Waals surface area contributed by atoms with Crippen molar-refractivity contribution >= 4 is 35.6 Å². The zero-order valence-electron chi connectivity index (χ0n) is 18.2. The summed E-state index contributed by atoms with van der Waals surface area (Å²) in [6.45, 7) is 5.03. The molecule has 0 radical (unpaired) electrons. The minimum Gasteiger partial charge on any atom is -0.490 e. The highest BCUT2D eigenvalue weighted by Crippen LogP contribution is 2.35. The minimum absolute atomic E-state index is 0.0410. The van der Waals surface area contributed by atoms with Gasteiger partial charge in [0.15, 0.2) is 18.1 Å². The van der Waals surface area contributed by atoms with Crippen molar-refractivity contribution < 1.29 is 38.1 Å². The Balaban J connectivity index is 2.07. The number of carboxylic acid groups (broad SMARTS) is 1. The number of urea groups is 1. The average Bonchev–Trinajstić information content (AvgIpc) is 2.76. The molecular weight excluding hydrogens is 447 g/mol. The summed E-state index contributed by atoms with van der Waals surface area (Å²) in [6.07, 6.45) is 3.10. The summed E-state index contributed by atoms with van der Waals surface area (Å²) in [4.78, 5) is 49.5. The zero-order valence-corrected chi connectivity index (χ0v) is 18.2. The van der Waals surface area contributed by atoms with E-state index in [0.717, 1.165) is 12.1 Å². The number of hydrogen-bond donors (Lipinski definition) is 2. The van der Waals surface area contributed by atoms with Crippen LogP contribution in [-0.2, 0) is 20.8 Å². The number of halogens is 1. The van der Waals surface area contributed by atoms with Gasteiger partial charge in [0.25, 0.3) is 11.8 Å². The highest BCUT2D eigenvalue weighted by Gasteiger charge is 2.37. The lowest BCUT2D eigenvalue weighted by molar-refractivity contribution is -0.139. The number of benzene rings is 2. The van der Waals surface area contributed by atoms with Crippen LogP contribution in [0.3, 0.4) is 0 Å². The lowest BCUT2D eigenvalue weighted by Gasteiger charge is -2.26. The fraction of sp³-hybridized carbons (Fsp3) is 0.167. The van der Waals surface area contributed by atoms with Crippen molar-refractivity contribution in [2.75, 3.05) is 18.1 Å². The molecule has 0 unspecified atom stereocenters. The topological polar surface area (TPSA) is 122 Å². The van der Waals surface area contributed by atoms with Crippen LogP contribution in [0.5, 0.6) is 11.5 Å². The SMILES string of the molecule is C=CCc1cc(/C=C2\C(=O)NC(=O)N(c3cccc(F)c3)C2=O)cc(OCC)c1OCC(=O)O. The van der Waals surface area contributed by atoms with Crippen LogP contribution in [-0.4, -0.2) is 42.1 Å². The molecule has 1 fully saturated rings. The molecule has 34 heavy (non-hydrogen) atoms. The molecule has 0 aromatic heterocycles. The van der Waals surface area contributed by atoms with Crippen molar-refractivity contribution in [3.05, 3.63) is 71.6 Å². The molecule has 0 bridgehead atoms. The van der Waals surface area contributed by atoms with Gasteiger partial charge in [-0.1, -0.05) is 12.1 Å². The van der Waals surface area contributed by atoms with Gasteiger partial charge in [0.1, 0.15) is 11.4 Å². The first-order chi connectivity index (χ1) is 16.2. The van der Waals surface area contributed by atoms with Gasteiger partial charge in [-0.3, -0.25) is 14.9 Å². The summed E-state index contributed by atoms with van der Waals surface area (Å²) >= 11 is 0. The Morgan fingerprint density at radius 1 is 1.21 bits per heavy atom. The Morgan fingerprint density at radius 3 is 2.62 bits per heavy atom. The molecule has 1 aliphatic rings. The van der Waals surface area contributed by atoms with Crippen molar-refractivity contribution in [3.63, 3.8) is 0 Å². The molecular formula is C24H21FN2O7. The number of imide groups is 2. The third-order valence-electron chi connectivity index (χ3n) is 4.64. The van der Waals surface area contributed by atoms with Gasteiger partial charge in [0.2, 0.25) is 0 Å². The number of carboxylic acids is 1. The molecule has 0 aliphatic carbocycles. The molecule has 10 heteroatoms. The number of barbiturate groups is 1. The van der Waals surface area contributed by atoms with Crippen LogP contribution in [0.4, 0.5) is 14.9 Å². The Kier molecular flexibility index (Phi) is 7.42. The van der Waals surface area contributed by atoms with Crippen molar-refractivity contribution in [2.24, 2.45) is 0 Å². The Hall–Kier alpha value is -4.47. The first-order valence-corrected chi connectivity index (χ1v) is 10.2. The molecule has 0 spiro atoms. The number of carbonyl (C=O) groups is 4. The predicted octanol–water partition coefficient (Wildman–Crippen LogP) is 3.08. The van der Waals surface area contributed by atoms with E-state index in [1.165, 1.54) is 24.3 Å². The van der Waals surface area contributed by atoms with E-state index < -0.39 is 36.2 Å². The van der Waals surface area contributed by atoms with Crippen LogP contribution in [0.15, 0.2) is 54.6 Å². The molecule has 1 heterocycles. The number of carbonyl (C=O) groups excluding carboxylic acids is 3. The quantitative estimate of drug-likeness (QED) is 0.329. The number of ether oxygens (including phenoxy) is 2. The molecule has 2 N–H and O–H groups in total. The van der Waals surface area contributed by atoms with Gasteiger partial charge >= 0.3 is 12.0 Å². The van der Waals surface area contributed by atoms with Gasteiger partial charge in [0, 0.05) is 5.56 Å². The molecule has 1 aliphatic heterocycles. The van der Waals surface area contributed by atoms with Gasteiger partial charge in [-0.2, -0.15) is 0 Å². The predicted molar refractivity (Wildman–Crippen MR) is 120 cm³/mol. The van der Waals surface area contributed by atoms with E-state index in [2.05, 4.69) is 11.9 Å². The number of amides is 4. The molecule has 176 valence electrons. The Bertz CT molecular complexity index is 1210. The molecule has 0 saturated carbocycles. The number of allylic oxidation sites excluding steroid dienone is 1. The maximum absolute atomic E-state index is 13.7. The molecule has 0 atom stereocenters. The smallest absolute Gasteiger partial charge is 0.341 e. The van der Waals surface area contributed by atoms with Gasteiger partial charge in [-0.05, 0) is 55.3 Å². The van der Waals surface area contributed by atoms with Gasteiger partial charge in [-0.15, -0.1) is 6.58 Å². The largest absolute Gasteiger partial charge is 0.490 e. The van der Waals surface area contributed by atoms with Crippen LogP contribution >= 0.6 is 0 Å². The summed E-state index contributed by atoms with van der Waals surface area (Å²) in [5.74, 6) is -3.29. The first-order valence-electron chi connectivity index (χ1n) is 10.2. The van der Waals surface area contributed by atoms with Crippen LogP contribution < -0.4 is 19.7 Å². The monoisotopic (exact) mass is 468 g/mol. The second-order valence-electron chi connectivity index (χ2n) is 7.05. The van der Waals surface area contributed by atoms with Crippen molar-refractivity contribution in [3.8, 4) is 11.5 Å². The second-order valence-corrected chi connectivity index (χ2v) is 7.05. The fourth-order valence-electron chi connectivity index (χ4n) is 3.31. The van der Waals surface area contributed by atoms with E-state index in [1.54, 1.807) is 19.1 Å². The molecule has 1 saturated heterocycles. The van der Waals surface area contributed by atoms with E-state index in [9.17, 15) is 23.6 Å². The van der Waals surface area contributed by atoms with Crippen molar-refractivity contribution in [1.82, 2.24) is 5.32 Å². The number of rotatable bonds is 9. The minimum atomic E-state index is -1.18. The van der Waals surface area contributed by atoms with Gasteiger partial charge < -0.3 is 14.6 Å². The third kappa shape index (κ3) is 5.29.